The smallest absolute Gasteiger partial charge is 0.234 e. The van der Waals surface area contributed by atoms with Gasteiger partial charge in [0, 0.05) is 11.6 Å². The topological polar surface area (TPSA) is 55.1 Å². The number of carbonyl (C=O) groups excluding carboxylic acids is 1. The van der Waals surface area contributed by atoms with Gasteiger partial charge in [0.1, 0.15) is 0 Å². The van der Waals surface area contributed by atoms with Crippen molar-refractivity contribution in [3.8, 4) is 0 Å². The van der Waals surface area contributed by atoms with Crippen molar-refractivity contribution >= 4 is 17.5 Å². The number of primary amides is 1. The second kappa shape index (κ2) is 5.14. The minimum atomic E-state index is -0.346. The van der Waals surface area contributed by atoms with Gasteiger partial charge in [-0.1, -0.05) is 17.7 Å². The van der Waals surface area contributed by atoms with Crippen LogP contribution in [0.2, 0.25) is 5.02 Å². The molecule has 4 heteroatoms. The van der Waals surface area contributed by atoms with Crippen LogP contribution in [0.5, 0.6) is 0 Å². The summed E-state index contributed by atoms with van der Waals surface area (Å²) in [7, 11) is 0. The highest BCUT2D eigenvalue weighted by Gasteiger charge is 2.07. The Bertz CT molecular complexity index is 366. The average molecular weight is 227 g/mol. The fourth-order valence-corrected chi connectivity index (χ4v) is 1.45. The Morgan fingerprint density at radius 3 is 2.80 bits per heavy atom. The van der Waals surface area contributed by atoms with E-state index >= 15 is 0 Å². The molecule has 0 aliphatic carbocycles. The van der Waals surface area contributed by atoms with E-state index in [1.54, 1.807) is 6.92 Å². The first-order chi connectivity index (χ1) is 7.00. The molecule has 1 atom stereocenters. The highest BCUT2D eigenvalue weighted by Crippen LogP contribution is 2.14. The molecule has 1 aromatic rings. The summed E-state index contributed by atoms with van der Waals surface area (Å²) in [4.78, 5) is 10.8. The second-order valence-corrected chi connectivity index (χ2v) is 4.01. The van der Waals surface area contributed by atoms with E-state index in [0.717, 1.165) is 16.1 Å². The van der Waals surface area contributed by atoms with E-state index in [-0.39, 0.29) is 11.9 Å². The summed E-state index contributed by atoms with van der Waals surface area (Å²) in [6.45, 7) is 4.35. The lowest BCUT2D eigenvalue weighted by Crippen LogP contribution is -2.38. The molecule has 0 aromatic heterocycles. The van der Waals surface area contributed by atoms with Gasteiger partial charge in [0.25, 0.3) is 0 Å². The van der Waals surface area contributed by atoms with Crippen molar-refractivity contribution in [2.45, 2.75) is 26.4 Å². The third kappa shape index (κ3) is 3.53. The number of nitrogens with one attached hydrogen (secondary N) is 1. The Hall–Kier alpha value is -1.06. The van der Waals surface area contributed by atoms with Crippen molar-refractivity contribution in [2.24, 2.45) is 5.73 Å². The number of benzene rings is 1. The number of halogens is 1. The van der Waals surface area contributed by atoms with E-state index in [1.165, 1.54) is 0 Å². The highest BCUT2D eigenvalue weighted by molar-refractivity contribution is 6.30. The number of carbonyl (C=O) groups is 1. The minimum absolute atomic E-state index is 0.319. The first-order valence-electron chi connectivity index (χ1n) is 4.78. The Labute approximate surface area is 94.6 Å². The summed E-state index contributed by atoms with van der Waals surface area (Å²) in [6.07, 6.45) is 0. The van der Waals surface area contributed by atoms with Crippen LogP contribution in [-0.4, -0.2) is 11.9 Å². The van der Waals surface area contributed by atoms with Crippen LogP contribution in [0.15, 0.2) is 18.2 Å². The summed E-state index contributed by atoms with van der Waals surface area (Å²) in [5, 5.41) is 3.76. The summed E-state index contributed by atoms with van der Waals surface area (Å²) in [5.41, 5.74) is 7.36. The number of rotatable bonds is 4. The largest absolute Gasteiger partial charge is 0.368 e. The van der Waals surface area contributed by atoms with Crippen LogP contribution >= 0.6 is 11.6 Å². The minimum Gasteiger partial charge on any atom is -0.368 e. The molecule has 15 heavy (non-hydrogen) atoms. The van der Waals surface area contributed by atoms with Gasteiger partial charge >= 0.3 is 0 Å². The Kier molecular flexibility index (Phi) is 4.12. The van der Waals surface area contributed by atoms with Gasteiger partial charge in [-0.3, -0.25) is 4.79 Å². The van der Waals surface area contributed by atoms with Crippen molar-refractivity contribution in [3.63, 3.8) is 0 Å². The number of aryl methyl sites for hydroxylation is 1. The zero-order chi connectivity index (χ0) is 11.4. The molecule has 3 nitrogen and oxygen atoms in total. The van der Waals surface area contributed by atoms with Crippen LogP contribution in [-0.2, 0) is 11.3 Å². The van der Waals surface area contributed by atoms with Gasteiger partial charge in [-0.2, -0.15) is 0 Å². The molecule has 1 unspecified atom stereocenters. The molecule has 0 saturated heterocycles. The molecule has 0 spiro atoms. The first kappa shape index (κ1) is 12.0. The highest BCUT2D eigenvalue weighted by atomic mass is 35.5. The van der Waals surface area contributed by atoms with E-state index in [9.17, 15) is 4.79 Å². The van der Waals surface area contributed by atoms with Gasteiger partial charge in [-0.05, 0) is 37.1 Å². The average Bonchev–Trinajstić information content (AvgIpc) is 2.15. The Morgan fingerprint density at radius 2 is 2.27 bits per heavy atom. The van der Waals surface area contributed by atoms with Gasteiger partial charge < -0.3 is 11.1 Å². The second-order valence-electron chi connectivity index (χ2n) is 3.58. The van der Waals surface area contributed by atoms with Crippen molar-refractivity contribution < 1.29 is 4.79 Å². The zero-order valence-corrected chi connectivity index (χ0v) is 9.64. The molecule has 82 valence electrons. The normalized spacial score (nSPS) is 12.5. The molecule has 0 radical (unpaired) electrons. The first-order valence-corrected chi connectivity index (χ1v) is 5.16. The van der Waals surface area contributed by atoms with Gasteiger partial charge in [0.15, 0.2) is 0 Å². The molecule has 3 N–H and O–H groups in total. The van der Waals surface area contributed by atoms with Crippen LogP contribution in [0.3, 0.4) is 0 Å². The summed E-state index contributed by atoms with van der Waals surface area (Å²) < 4.78 is 0. The molecule has 0 bridgehead atoms. The van der Waals surface area contributed by atoms with Crippen LogP contribution in [0.1, 0.15) is 18.1 Å². The molecular weight excluding hydrogens is 212 g/mol. The number of nitrogens with two attached hydrogens (primary N) is 1. The number of hydrogen-bond donors (Lipinski definition) is 2. The predicted molar refractivity (Wildman–Crippen MR) is 61.7 cm³/mol. The van der Waals surface area contributed by atoms with E-state index in [1.807, 2.05) is 25.1 Å². The third-order valence-corrected chi connectivity index (χ3v) is 2.57. The summed E-state index contributed by atoms with van der Waals surface area (Å²) in [5.74, 6) is -0.346. The van der Waals surface area contributed by atoms with Crippen molar-refractivity contribution in [2.75, 3.05) is 0 Å². The molecular formula is C11H15ClN2O. The van der Waals surface area contributed by atoms with E-state index in [2.05, 4.69) is 5.32 Å². The summed E-state index contributed by atoms with van der Waals surface area (Å²) >= 11 is 5.84. The van der Waals surface area contributed by atoms with Gasteiger partial charge in [-0.25, -0.2) is 0 Å². The van der Waals surface area contributed by atoms with Crippen LogP contribution in [0.4, 0.5) is 0 Å². The van der Waals surface area contributed by atoms with Crippen molar-refractivity contribution in [1.29, 1.82) is 0 Å². The molecule has 1 amide bonds. The van der Waals surface area contributed by atoms with E-state index in [0.29, 0.717) is 6.54 Å². The van der Waals surface area contributed by atoms with E-state index < -0.39 is 0 Å². The fraction of sp³-hybridized carbons (Fsp3) is 0.364. The molecule has 0 aliphatic rings. The zero-order valence-electron chi connectivity index (χ0n) is 8.88. The summed E-state index contributed by atoms with van der Waals surface area (Å²) in [6, 6.07) is 5.35. The molecule has 0 fully saturated rings. The van der Waals surface area contributed by atoms with Crippen molar-refractivity contribution in [1.82, 2.24) is 5.32 Å². The lowest BCUT2D eigenvalue weighted by atomic mass is 10.1. The lowest BCUT2D eigenvalue weighted by molar-refractivity contribution is -0.119. The molecule has 0 aliphatic heterocycles. The Morgan fingerprint density at radius 1 is 1.60 bits per heavy atom. The quantitative estimate of drug-likeness (QED) is 0.820. The monoisotopic (exact) mass is 226 g/mol. The lowest BCUT2D eigenvalue weighted by Gasteiger charge is -2.11. The fourth-order valence-electron chi connectivity index (χ4n) is 1.22. The van der Waals surface area contributed by atoms with Gasteiger partial charge in [-0.15, -0.1) is 0 Å². The molecule has 0 saturated carbocycles. The van der Waals surface area contributed by atoms with E-state index in [4.69, 9.17) is 17.3 Å². The maximum Gasteiger partial charge on any atom is 0.234 e. The maximum atomic E-state index is 10.8. The Balaban J connectivity index is 2.62. The predicted octanol–water partition coefficient (Wildman–Crippen LogP) is 1.61. The van der Waals surface area contributed by atoms with Crippen LogP contribution < -0.4 is 11.1 Å². The van der Waals surface area contributed by atoms with Crippen LogP contribution in [0, 0.1) is 6.92 Å². The SMILES string of the molecule is Cc1cc(Cl)ccc1CNC(C)C(N)=O. The number of amides is 1. The molecule has 1 rings (SSSR count). The number of hydrogen-bond acceptors (Lipinski definition) is 2. The molecule has 0 heterocycles. The standard InChI is InChI=1S/C11H15ClN2O/c1-7-5-10(12)4-3-9(7)6-14-8(2)11(13)15/h3-5,8,14H,6H2,1-2H3,(H2,13,15). The maximum absolute atomic E-state index is 10.8. The van der Waals surface area contributed by atoms with Gasteiger partial charge in [0.05, 0.1) is 6.04 Å². The third-order valence-electron chi connectivity index (χ3n) is 2.33. The van der Waals surface area contributed by atoms with Crippen LogP contribution in [0.25, 0.3) is 0 Å². The van der Waals surface area contributed by atoms with Crippen molar-refractivity contribution in [3.05, 3.63) is 34.3 Å². The molecule has 1 aromatic carbocycles. The van der Waals surface area contributed by atoms with Gasteiger partial charge in [0.2, 0.25) is 5.91 Å².